The van der Waals surface area contributed by atoms with Gasteiger partial charge in [0.1, 0.15) is 5.82 Å². The van der Waals surface area contributed by atoms with E-state index in [4.69, 9.17) is 4.74 Å². The minimum atomic E-state index is -3.95. The molecule has 9 heteroatoms. The Bertz CT molecular complexity index is 714. The highest BCUT2D eigenvalue weighted by Gasteiger charge is 2.19. The molecule has 0 aliphatic rings. The number of H-pyrrole nitrogens is 1. The molecule has 1 aromatic carbocycles. The maximum absolute atomic E-state index is 13.2. The number of ether oxygens (including phenoxy) is 1. The van der Waals surface area contributed by atoms with Crippen LogP contribution in [0, 0.1) is 12.7 Å². The lowest BCUT2D eigenvalue weighted by atomic mass is 10.2. The summed E-state index contributed by atoms with van der Waals surface area (Å²) in [4.78, 5) is 3.63. The van der Waals surface area contributed by atoms with Gasteiger partial charge in [-0.2, -0.15) is 4.98 Å². The van der Waals surface area contributed by atoms with Crippen molar-refractivity contribution in [2.45, 2.75) is 18.7 Å². The highest BCUT2D eigenvalue weighted by molar-refractivity contribution is 7.92. The molecule has 1 aromatic heterocycles. The molecule has 0 bridgehead atoms. The van der Waals surface area contributed by atoms with Crippen molar-refractivity contribution < 1.29 is 17.5 Å². The first kappa shape index (κ1) is 14.3. The molecule has 0 unspecified atom stereocenters. The van der Waals surface area contributed by atoms with Crippen molar-refractivity contribution in [2.75, 3.05) is 11.3 Å². The summed E-state index contributed by atoms with van der Waals surface area (Å²) in [5.41, 5.74) is 0.420. The predicted molar refractivity (Wildman–Crippen MR) is 69.5 cm³/mol. The van der Waals surface area contributed by atoms with Crippen molar-refractivity contribution in [1.82, 2.24) is 15.2 Å². The molecule has 108 valence electrons. The van der Waals surface area contributed by atoms with Crippen LogP contribution in [-0.2, 0) is 10.0 Å². The Kier molecular flexibility index (Phi) is 3.89. The van der Waals surface area contributed by atoms with Gasteiger partial charge in [-0.05, 0) is 31.5 Å². The van der Waals surface area contributed by atoms with Gasteiger partial charge in [-0.3, -0.25) is 0 Å². The number of aromatic amines is 1. The van der Waals surface area contributed by atoms with E-state index in [0.29, 0.717) is 12.2 Å². The van der Waals surface area contributed by atoms with Crippen LogP contribution in [0.15, 0.2) is 23.1 Å². The molecule has 0 aliphatic carbocycles. The number of halogens is 1. The molecule has 0 spiro atoms. The minimum Gasteiger partial charge on any atom is -0.463 e. The molecule has 2 rings (SSSR count). The maximum Gasteiger partial charge on any atom is 0.337 e. The van der Waals surface area contributed by atoms with Crippen LogP contribution in [0.2, 0.25) is 0 Å². The molecule has 0 fully saturated rings. The van der Waals surface area contributed by atoms with Crippen LogP contribution in [-0.4, -0.2) is 30.2 Å². The number of aryl methyl sites for hydroxylation is 1. The third-order valence-corrected chi connectivity index (χ3v) is 3.89. The summed E-state index contributed by atoms with van der Waals surface area (Å²) in [6.07, 6.45) is 0. The van der Waals surface area contributed by atoms with E-state index >= 15 is 0 Å². The zero-order valence-electron chi connectivity index (χ0n) is 10.8. The molecule has 0 atom stereocenters. The highest BCUT2D eigenvalue weighted by atomic mass is 32.2. The lowest BCUT2D eigenvalue weighted by Crippen LogP contribution is -2.15. The molecule has 20 heavy (non-hydrogen) atoms. The Morgan fingerprint density at radius 3 is 2.90 bits per heavy atom. The number of nitrogens with one attached hydrogen (secondary N) is 2. The fourth-order valence-corrected chi connectivity index (χ4v) is 2.75. The minimum absolute atomic E-state index is 0.0289. The molecular formula is C11H13FN4O3S. The van der Waals surface area contributed by atoms with Crippen molar-refractivity contribution in [3.63, 3.8) is 0 Å². The number of sulfonamides is 1. The largest absolute Gasteiger partial charge is 0.463 e. The number of aromatic nitrogens is 3. The molecule has 2 N–H and O–H groups in total. The standard InChI is InChI=1S/C11H13FN4O3S/c1-3-19-11-13-10(14-15-11)16-20(17,18)9-6-8(12)5-4-7(9)2/h4-6H,3H2,1-2H3,(H2,13,14,15,16). The van der Waals surface area contributed by atoms with Crippen LogP contribution in [0.4, 0.5) is 10.3 Å². The van der Waals surface area contributed by atoms with Crippen molar-refractivity contribution >= 4 is 16.0 Å². The van der Waals surface area contributed by atoms with Crippen LogP contribution in [0.1, 0.15) is 12.5 Å². The van der Waals surface area contributed by atoms with E-state index in [0.717, 1.165) is 6.07 Å². The Balaban J connectivity index is 2.28. The molecule has 0 saturated carbocycles. The van der Waals surface area contributed by atoms with E-state index in [1.807, 2.05) is 0 Å². The SMILES string of the molecule is CCOc1n[nH]c(NS(=O)(=O)c2cc(F)ccc2C)n1. The second-order valence-corrected chi connectivity index (χ2v) is 5.57. The summed E-state index contributed by atoms with van der Waals surface area (Å²) in [5.74, 6) is -0.735. The van der Waals surface area contributed by atoms with Crippen molar-refractivity contribution in [3.05, 3.63) is 29.6 Å². The number of benzene rings is 1. The normalized spacial score (nSPS) is 11.3. The quantitative estimate of drug-likeness (QED) is 0.871. The first-order chi connectivity index (χ1) is 9.42. The number of hydrogen-bond donors (Lipinski definition) is 2. The topological polar surface area (TPSA) is 97.0 Å². The van der Waals surface area contributed by atoms with E-state index in [9.17, 15) is 12.8 Å². The summed E-state index contributed by atoms with van der Waals surface area (Å²) >= 11 is 0. The summed E-state index contributed by atoms with van der Waals surface area (Å²) in [7, 11) is -3.95. The molecule has 0 aliphatic heterocycles. The first-order valence-electron chi connectivity index (χ1n) is 5.76. The van der Waals surface area contributed by atoms with Gasteiger partial charge in [-0.25, -0.2) is 22.6 Å². The van der Waals surface area contributed by atoms with Crippen LogP contribution in [0.25, 0.3) is 0 Å². The monoisotopic (exact) mass is 300 g/mol. The molecule has 0 amide bonds. The Labute approximate surface area is 115 Å². The summed E-state index contributed by atoms with van der Waals surface area (Å²) in [6, 6.07) is 3.55. The second-order valence-electron chi connectivity index (χ2n) is 3.91. The summed E-state index contributed by atoms with van der Waals surface area (Å²) < 4.78 is 44.6. The van der Waals surface area contributed by atoms with Gasteiger partial charge in [0.15, 0.2) is 0 Å². The third kappa shape index (κ3) is 3.05. The van der Waals surface area contributed by atoms with Gasteiger partial charge in [0, 0.05) is 0 Å². The van der Waals surface area contributed by atoms with Gasteiger partial charge >= 0.3 is 6.01 Å². The average molecular weight is 300 g/mol. The highest BCUT2D eigenvalue weighted by Crippen LogP contribution is 2.19. The van der Waals surface area contributed by atoms with Gasteiger partial charge in [0.05, 0.1) is 11.5 Å². The first-order valence-corrected chi connectivity index (χ1v) is 7.25. The predicted octanol–water partition coefficient (Wildman–Crippen LogP) is 1.45. The number of nitrogens with zero attached hydrogens (tertiary/aromatic N) is 2. The smallest absolute Gasteiger partial charge is 0.337 e. The van der Waals surface area contributed by atoms with Gasteiger partial charge in [0.2, 0.25) is 5.95 Å². The Morgan fingerprint density at radius 2 is 2.20 bits per heavy atom. The van der Waals surface area contributed by atoms with Gasteiger partial charge in [-0.15, -0.1) is 5.10 Å². The number of hydrogen-bond acceptors (Lipinski definition) is 5. The second kappa shape index (κ2) is 5.45. The lowest BCUT2D eigenvalue weighted by molar-refractivity contribution is 0.314. The zero-order valence-corrected chi connectivity index (χ0v) is 11.7. The molecule has 2 aromatic rings. The molecular weight excluding hydrogens is 287 g/mol. The zero-order chi connectivity index (χ0) is 14.8. The van der Waals surface area contributed by atoms with E-state index < -0.39 is 15.8 Å². The van der Waals surface area contributed by atoms with Crippen LogP contribution in [0.5, 0.6) is 6.01 Å². The molecule has 7 nitrogen and oxygen atoms in total. The van der Waals surface area contributed by atoms with Crippen LogP contribution in [0.3, 0.4) is 0 Å². The van der Waals surface area contributed by atoms with Crippen LogP contribution < -0.4 is 9.46 Å². The van der Waals surface area contributed by atoms with Gasteiger partial charge in [0.25, 0.3) is 10.0 Å². The Hall–Kier alpha value is -2.16. The van der Waals surface area contributed by atoms with Gasteiger partial charge in [-0.1, -0.05) is 6.07 Å². The molecule has 1 heterocycles. The van der Waals surface area contributed by atoms with Crippen LogP contribution >= 0.6 is 0 Å². The lowest BCUT2D eigenvalue weighted by Gasteiger charge is -2.07. The third-order valence-electron chi connectivity index (χ3n) is 2.41. The number of anilines is 1. The van der Waals surface area contributed by atoms with Gasteiger partial charge < -0.3 is 4.74 Å². The average Bonchev–Trinajstić information content (AvgIpc) is 2.79. The summed E-state index contributed by atoms with van der Waals surface area (Å²) in [5, 5.41) is 6.04. The van der Waals surface area contributed by atoms with E-state index in [-0.39, 0.29) is 16.9 Å². The summed E-state index contributed by atoms with van der Waals surface area (Å²) in [6.45, 7) is 3.67. The van der Waals surface area contributed by atoms with Crippen molar-refractivity contribution in [2.24, 2.45) is 0 Å². The Morgan fingerprint density at radius 1 is 1.45 bits per heavy atom. The molecule has 0 radical (unpaired) electrons. The van der Waals surface area contributed by atoms with E-state index in [2.05, 4.69) is 19.9 Å². The number of rotatable bonds is 5. The molecule has 0 saturated heterocycles. The fourth-order valence-electron chi connectivity index (χ4n) is 1.53. The fraction of sp³-hybridized carbons (Fsp3) is 0.273. The van der Waals surface area contributed by atoms with Crippen molar-refractivity contribution in [1.29, 1.82) is 0 Å². The maximum atomic E-state index is 13.2. The van der Waals surface area contributed by atoms with E-state index in [1.165, 1.54) is 12.1 Å². The van der Waals surface area contributed by atoms with Crippen molar-refractivity contribution in [3.8, 4) is 6.01 Å². The van der Waals surface area contributed by atoms with E-state index in [1.54, 1.807) is 13.8 Å².